The van der Waals surface area contributed by atoms with Crippen molar-refractivity contribution in [1.82, 2.24) is 14.7 Å². The molecule has 1 fully saturated rings. The Kier molecular flexibility index (Phi) is 4.45. The van der Waals surface area contributed by atoms with E-state index in [1.54, 1.807) is 7.11 Å². The summed E-state index contributed by atoms with van der Waals surface area (Å²) in [6.45, 7) is 1.79. The normalized spacial score (nSPS) is 16.4. The third kappa shape index (κ3) is 3.02. The zero-order chi connectivity index (χ0) is 17.1. The monoisotopic (exact) mass is 335 g/mol. The first-order valence-electron chi connectivity index (χ1n) is 9.08. The first-order valence-corrected chi connectivity index (χ1v) is 9.08. The highest BCUT2D eigenvalue weighted by molar-refractivity contribution is 5.41. The Morgan fingerprint density at radius 3 is 2.76 bits per heavy atom. The molecule has 0 radical (unpaired) electrons. The van der Waals surface area contributed by atoms with Crippen molar-refractivity contribution >= 4 is 5.65 Å². The molecule has 0 unspecified atom stereocenters. The highest BCUT2D eigenvalue weighted by atomic mass is 16.5. The van der Waals surface area contributed by atoms with Gasteiger partial charge in [0.25, 0.3) is 0 Å². The van der Waals surface area contributed by atoms with Crippen LogP contribution in [0.2, 0.25) is 0 Å². The molecule has 0 aliphatic heterocycles. The summed E-state index contributed by atoms with van der Waals surface area (Å²) in [5, 5.41) is 3.70. The molecule has 3 aromatic rings. The maximum atomic E-state index is 5.65. The fraction of sp³-hybridized carbons (Fsp3) is 0.381. The van der Waals surface area contributed by atoms with Crippen molar-refractivity contribution in [1.29, 1.82) is 0 Å². The van der Waals surface area contributed by atoms with Gasteiger partial charge in [-0.25, -0.2) is 4.98 Å². The van der Waals surface area contributed by atoms with E-state index in [1.165, 1.54) is 36.9 Å². The van der Waals surface area contributed by atoms with Gasteiger partial charge in [-0.15, -0.1) is 0 Å². The van der Waals surface area contributed by atoms with Gasteiger partial charge in [-0.2, -0.15) is 0 Å². The molecule has 4 rings (SSSR count). The van der Waals surface area contributed by atoms with Crippen molar-refractivity contribution in [3.8, 4) is 5.75 Å². The molecule has 1 saturated carbocycles. The van der Waals surface area contributed by atoms with E-state index in [1.807, 2.05) is 24.4 Å². The second-order valence-corrected chi connectivity index (χ2v) is 6.97. The molecule has 1 aliphatic carbocycles. The van der Waals surface area contributed by atoms with Crippen molar-refractivity contribution in [2.24, 2.45) is 0 Å². The van der Waals surface area contributed by atoms with E-state index in [4.69, 9.17) is 4.74 Å². The van der Waals surface area contributed by atoms with Gasteiger partial charge >= 0.3 is 0 Å². The number of hydrogen-bond acceptors (Lipinski definition) is 3. The molecule has 4 nitrogen and oxygen atoms in total. The molecule has 1 aromatic carbocycles. The standard InChI is InChI=1S/C21H25N3O/c1-25-19-9-3-2-8-18(19)21(11-5-6-12-21)16-22-14-17-15-23-20-10-4-7-13-24(17)20/h2-4,7-10,13,15,22H,5-6,11-12,14,16H2,1H3. The van der Waals surface area contributed by atoms with E-state index in [0.717, 1.165) is 24.5 Å². The van der Waals surface area contributed by atoms with Gasteiger partial charge in [0, 0.05) is 30.3 Å². The van der Waals surface area contributed by atoms with Crippen molar-refractivity contribution in [3.63, 3.8) is 0 Å². The smallest absolute Gasteiger partial charge is 0.136 e. The van der Waals surface area contributed by atoms with E-state index in [0.29, 0.717) is 0 Å². The number of para-hydroxylation sites is 1. The number of hydrogen-bond donors (Lipinski definition) is 1. The summed E-state index contributed by atoms with van der Waals surface area (Å²) in [6.07, 6.45) is 9.05. The van der Waals surface area contributed by atoms with Crippen LogP contribution in [0.5, 0.6) is 5.75 Å². The Bertz CT molecular complexity index is 849. The first kappa shape index (κ1) is 16.2. The summed E-state index contributed by atoms with van der Waals surface area (Å²) in [5.74, 6) is 1.01. The average Bonchev–Trinajstić information content (AvgIpc) is 3.30. The zero-order valence-electron chi connectivity index (χ0n) is 14.7. The highest BCUT2D eigenvalue weighted by Gasteiger charge is 2.37. The molecule has 0 spiro atoms. The summed E-state index contributed by atoms with van der Waals surface area (Å²) in [5.41, 5.74) is 3.72. The molecule has 0 atom stereocenters. The predicted octanol–water partition coefficient (Wildman–Crippen LogP) is 3.94. The number of imidazole rings is 1. The van der Waals surface area contributed by atoms with Gasteiger partial charge in [0.1, 0.15) is 11.4 Å². The highest BCUT2D eigenvalue weighted by Crippen LogP contribution is 2.44. The summed E-state index contributed by atoms with van der Waals surface area (Å²) >= 11 is 0. The van der Waals surface area contributed by atoms with E-state index < -0.39 is 0 Å². The molecule has 1 N–H and O–H groups in total. The molecule has 0 saturated heterocycles. The van der Waals surface area contributed by atoms with Crippen molar-refractivity contribution in [2.75, 3.05) is 13.7 Å². The lowest BCUT2D eigenvalue weighted by molar-refractivity contribution is 0.360. The largest absolute Gasteiger partial charge is 0.496 e. The molecule has 0 bridgehead atoms. The van der Waals surface area contributed by atoms with E-state index in [9.17, 15) is 0 Å². The third-order valence-electron chi connectivity index (χ3n) is 5.50. The van der Waals surface area contributed by atoms with Crippen LogP contribution in [0.1, 0.15) is 36.9 Å². The van der Waals surface area contributed by atoms with E-state index >= 15 is 0 Å². The van der Waals surface area contributed by atoms with Crippen LogP contribution in [-0.2, 0) is 12.0 Å². The maximum Gasteiger partial charge on any atom is 0.136 e. The Hall–Kier alpha value is -2.33. The minimum Gasteiger partial charge on any atom is -0.496 e. The Labute approximate surface area is 148 Å². The molecular weight excluding hydrogens is 310 g/mol. The molecular formula is C21H25N3O. The topological polar surface area (TPSA) is 38.6 Å². The number of aromatic nitrogens is 2. The van der Waals surface area contributed by atoms with Gasteiger partial charge in [0.05, 0.1) is 19.0 Å². The van der Waals surface area contributed by atoms with Crippen LogP contribution >= 0.6 is 0 Å². The number of nitrogens with zero attached hydrogens (tertiary/aromatic N) is 2. The van der Waals surface area contributed by atoms with E-state index in [-0.39, 0.29) is 5.41 Å². The second kappa shape index (κ2) is 6.89. The fourth-order valence-electron chi connectivity index (χ4n) is 4.22. The number of pyridine rings is 1. The van der Waals surface area contributed by atoms with Crippen molar-refractivity contribution in [2.45, 2.75) is 37.6 Å². The number of methoxy groups -OCH3 is 1. The Morgan fingerprint density at radius 1 is 1.12 bits per heavy atom. The minimum atomic E-state index is 0.174. The minimum absolute atomic E-state index is 0.174. The van der Waals surface area contributed by atoms with Gasteiger partial charge < -0.3 is 14.5 Å². The average molecular weight is 335 g/mol. The molecule has 1 aliphatic rings. The van der Waals surface area contributed by atoms with Gasteiger partial charge in [-0.05, 0) is 31.0 Å². The summed E-state index contributed by atoms with van der Waals surface area (Å²) in [4.78, 5) is 4.47. The van der Waals surface area contributed by atoms with Crippen LogP contribution in [0, 0.1) is 0 Å². The lowest BCUT2D eigenvalue weighted by atomic mass is 9.78. The zero-order valence-corrected chi connectivity index (χ0v) is 14.7. The first-order chi connectivity index (χ1) is 12.3. The number of ether oxygens (including phenoxy) is 1. The molecule has 4 heteroatoms. The van der Waals surface area contributed by atoms with Crippen LogP contribution in [0.3, 0.4) is 0 Å². The molecule has 25 heavy (non-hydrogen) atoms. The molecule has 0 amide bonds. The van der Waals surface area contributed by atoms with Crippen LogP contribution in [0.25, 0.3) is 5.65 Å². The van der Waals surface area contributed by atoms with Gasteiger partial charge in [-0.3, -0.25) is 0 Å². The number of benzene rings is 1. The predicted molar refractivity (Wildman–Crippen MR) is 100 cm³/mol. The maximum absolute atomic E-state index is 5.65. The Balaban J connectivity index is 1.53. The summed E-state index contributed by atoms with van der Waals surface area (Å²) in [7, 11) is 1.77. The van der Waals surface area contributed by atoms with E-state index in [2.05, 4.69) is 45.2 Å². The number of rotatable bonds is 6. The number of nitrogens with one attached hydrogen (secondary N) is 1. The molecule has 2 heterocycles. The van der Waals surface area contributed by atoms with Gasteiger partial charge in [0.2, 0.25) is 0 Å². The quantitative estimate of drug-likeness (QED) is 0.741. The van der Waals surface area contributed by atoms with Crippen molar-refractivity contribution < 1.29 is 4.74 Å². The third-order valence-corrected chi connectivity index (χ3v) is 5.50. The van der Waals surface area contributed by atoms with Gasteiger partial charge in [0.15, 0.2) is 0 Å². The number of fused-ring (bicyclic) bond motifs is 1. The summed E-state index contributed by atoms with van der Waals surface area (Å²) in [6, 6.07) is 14.6. The van der Waals surface area contributed by atoms with Crippen LogP contribution < -0.4 is 10.1 Å². The van der Waals surface area contributed by atoms with Crippen LogP contribution in [0.4, 0.5) is 0 Å². The Morgan fingerprint density at radius 2 is 1.92 bits per heavy atom. The second-order valence-electron chi connectivity index (χ2n) is 6.97. The molecule has 2 aromatic heterocycles. The fourth-order valence-corrected chi connectivity index (χ4v) is 4.22. The van der Waals surface area contributed by atoms with Gasteiger partial charge in [-0.1, -0.05) is 37.1 Å². The van der Waals surface area contributed by atoms with Crippen LogP contribution in [-0.4, -0.2) is 23.0 Å². The lowest BCUT2D eigenvalue weighted by Crippen LogP contribution is -2.36. The summed E-state index contributed by atoms with van der Waals surface area (Å²) < 4.78 is 7.80. The lowest BCUT2D eigenvalue weighted by Gasteiger charge is -2.31. The SMILES string of the molecule is COc1ccccc1C1(CNCc2cnc3ccccn23)CCCC1. The molecule has 130 valence electrons. The van der Waals surface area contributed by atoms with Crippen LogP contribution in [0.15, 0.2) is 54.9 Å². The van der Waals surface area contributed by atoms with Crippen molar-refractivity contribution in [3.05, 3.63) is 66.1 Å².